The minimum Gasteiger partial charge on any atom is -0.390 e. The van der Waals surface area contributed by atoms with E-state index in [1.165, 1.54) is 0 Å². The molecule has 4 aromatic rings. The lowest BCUT2D eigenvalue weighted by Gasteiger charge is -2.35. The third-order valence-electron chi connectivity index (χ3n) is 6.73. The molecular weight excluding hydrogens is 444 g/mol. The number of nitrogen functional groups attached to an aromatic ring is 1. The molecule has 0 unspecified atom stereocenters. The van der Waals surface area contributed by atoms with Gasteiger partial charge in [0.1, 0.15) is 17.6 Å². The van der Waals surface area contributed by atoms with Crippen molar-refractivity contribution < 1.29 is 13.9 Å². The highest BCUT2D eigenvalue weighted by molar-refractivity contribution is 5.88. The molecular formula is C22H27F2N9O. The van der Waals surface area contributed by atoms with Crippen LogP contribution in [0.1, 0.15) is 39.0 Å². The van der Waals surface area contributed by atoms with Crippen molar-refractivity contribution in [2.45, 2.75) is 57.6 Å². The van der Waals surface area contributed by atoms with E-state index < -0.39 is 18.6 Å². The largest absolute Gasteiger partial charge is 0.390 e. The third kappa shape index (κ3) is 4.25. The summed E-state index contributed by atoms with van der Waals surface area (Å²) in [5.74, 6) is 1.14. The van der Waals surface area contributed by atoms with E-state index in [9.17, 15) is 13.9 Å². The summed E-state index contributed by atoms with van der Waals surface area (Å²) >= 11 is 0. The number of aromatic nitrogens is 7. The standard InChI is InChI=1S/C22H27F2N9O/c1-2-22(34)8-5-13(6-9-22)11-26-21-28-19(25)18-14(7-10-32(18)30-21)15-3-4-16-20(27-15)33(31-29-16)12-17(23)24/h3-4,7,10,13,17,34H,2,5-6,8-9,11-12H2,1H3,(H3,25,26,28,30). The van der Waals surface area contributed by atoms with Gasteiger partial charge in [-0.3, -0.25) is 0 Å². The monoisotopic (exact) mass is 471 g/mol. The lowest BCUT2D eigenvalue weighted by Crippen LogP contribution is -2.35. The molecule has 0 aliphatic heterocycles. The smallest absolute Gasteiger partial charge is 0.258 e. The number of rotatable bonds is 7. The molecule has 0 amide bonds. The first-order valence-electron chi connectivity index (χ1n) is 11.4. The molecule has 0 aromatic carbocycles. The number of alkyl halides is 2. The Morgan fingerprint density at radius 2 is 2.03 bits per heavy atom. The van der Waals surface area contributed by atoms with Crippen LogP contribution in [0.15, 0.2) is 24.4 Å². The lowest BCUT2D eigenvalue weighted by atomic mass is 9.77. The van der Waals surface area contributed by atoms with Crippen LogP contribution in [0.4, 0.5) is 20.5 Å². The summed E-state index contributed by atoms with van der Waals surface area (Å²) in [6.07, 6.45) is 3.50. The molecule has 4 heterocycles. The Kier molecular flexibility index (Phi) is 5.76. The molecule has 1 fully saturated rings. The highest BCUT2D eigenvalue weighted by Crippen LogP contribution is 2.34. The zero-order valence-electron chi connectivity index (χ0n) is 18.8. The Morgan fingerprint density at radius 1 is 1.24 bits per heavy atom. The predicted molar refractivity (Wildman–Crippen MR) is 123 cm³/mol. The summed E-state index contributed by atoms with van der Waals surface area (Å²) < 4.78 is 28.5. The normalized spacial score (nSPS) is 21.0. The molecule has 0 atom stereocenters. The number of nitrogens with one attached hydrogen (secondary N) is 1. The fourth-order valence-corrected chi connectivity index (χ4v) is 4.60. The first-order valence-corrected chi connectivity index (χ1v) is 11.4. The van der Waals surface area contributed by atoms with E-state index in [0.29, 0.717) is 40.7 Å². The van der Waals surface area contributed by atoms with Gasteiger partial charge in [0, 0.05) is 18.3 Å². The fourth-order valence-electron chi connectivity index (χ4n) is 4.60. The van der Waals surface area contributed by atoms with Crippen molar-refractivity contribution in [2.24, 2.45) is 5.92 Å². The molecule has 34 heavy (non-hydrogen) atoms. The van der Waals surface area contributed by atoms with Crippen LogP contribution in [0, 0.1) is 5.92 Å². The topological polar surface area (TPSA) is 132 Å². The van der Waals surface area contributed by atoms with Crippen LogP contribution >= 0.6 is 0 Å². The van der Waals surface area contributed by atoms with Crippen molar-refractivity contribution in [3.05, 3.63) is 24.4 Å². The highest BCUT2D eigenvalue weighted by Gasteiger charge is 2.31. The van der Waals surface area contributed by atoms with E-state index in [1.807, 2.05) is 13.0 Å². The van der Waals surface area contributed by atoms with Crippen molar-refractivity contribution in [3.8, 4) is 11.3 Å². The summed E-state index contributed by atoms with van der Waals surface area (Å²) in [6.45, 7) is 2.15. The molecule has 180 valence electrons. The Morgan fingerprint density at radius 3 is 2.76 bits per heavy atom. The summed E-state index contributed by atoms with van der Waals surface area (Å²) in [5, 5.41) is 25.9. The molecule has 0 saturated heterocycles. The molecule has 10 nitrogen and oxygen atoms in total. The quantitative estimate of drug-likeness (QED) is 0.375. The van der Waals surface area contributed by atoms with Crippen molar-refractivity contribution in [1.82, 2.24) is 34.6 Å². The second kappa shape index (κ2) is 8.75. The van der Waals surface area contributed by atoms with Crippen LogP contribution in [0.3, 0.4) is 0 Å². The number of anilines is 2. The van der Waals surface area contributed by atoms with Gasteiger partial charge >= 0.3 is 0 Å². The number of aliphatic hydroxyl groups is 1. The summed E-state index contributed by atoms with van der Waals surface area (Å²) in [6, 6.07) is 5.24. The molecule has 4 aromatic heterocycles. The summed E-state index contributed by atoms with van der Waals surface area (Å²) in [5.41, 5.74) is 8.27. The molecule has 4 N–H and O–H groups in total. The maximum atomic E-state index is 12.9. The van der Waals surface area contributed by atoms with Crippen LogP contribution in [0.25, 0.3) is 27.9 Å². The van der Waals surface area contributed by atoms with Gasteiger partial charge in [-0.05, 0) is 56.2 Å². The number of fused-ring (bicyclic) bond motifs is 2. The van der Waals surface area contributed by atoms with E-state index in [1.54, 1.807) is 22.8 Å². The van der Waals surface area contributed by atoms with Crippen LogP contribution in [-0.2, 0) is 6.54 Å². The van der Waals surface area contributed by atoms with Gasteiger partial charge in [-0.15, -0.1) is 10.2 Å². The van der Waals surface area contributed by atoms with Crippen molar-refractivity contribution in [2.75, 3.05) is 17.6 Å². The number of nitrogens with zero attached hydrogens (tertiary/aromatic N) is 7. The van der Waals surface area contributed by atoms with Gasteiger partial charge in [0.05, 0.1) is 11.3 Å². The molecule has 1 saturated carbocycles. The predicted octanol–water partition coefficient (Wildman–Crippen LogP) is 3.13. The van der Waals surface area contributed by atoms with E-state index >= 15 is 0 Å². The number of hydrogen-bond acceptors (Lipinski definition) is 8. The van der Waals surface area contributed by atoms with Gasteiger partial charge < -0.3 is 16.2 Å². The van der Waals surface area contributed by atoms with Crippen LogP contribution < -0.4 is 11.1 Å². The minimum absolute atomic E-state index is 0.275. The Bertz CT molecular complexity index is 1310. The second-order valence-corrected chi connectivity index (χ2v) is 8.95. The Labute approximate surface area is 194 Å². The van der Waals surface area contributed by atoms with Crippen molar-refractivity contribution in [1.29, 1.82) is 0 Å². The Balaban J connectivity index is 1.37. The second-order valence-electron chi connectivity index (χ2n) is 8.95. The maximum absolute atomic E-state index is 12.9. The molecule has 12 heteroatoms. The summed E-state index contributed by atoms with van der Waals surface area (Å²) in [7, 11) is 0. The molecule has 5 rings (SSSR count). The van der Waals surface area contributed by atoms with Crippen LogP contribution in [-0.4, -0.2) is 58.3 Å². The van der Waals surface area contributed by atoms with Crippen LogP contribution in [0.2, 0.25) is 0 Å². The maximum Gasteiger partial charge on any atom is 0.258 e. The van der Waals surface area contributed by atoms with Gasteiger partial charge in [0.25, 0.3) is 6.43 Å². The SMILES string of the molecule is CCC1(O)CCC(CNc2nc(N)c3c(-c4ccc5nnn(CC(F)F)c5n4)ccn3n2)CC1. The van der Waals surface area contributed by atoms with E-state index in [0.717, 1.165) is 36.8 Å². The van der Waals surface area contributed by atoms with Gasteiger partial charge in [0.2, 0.25) is 5.95 Å². The zero-order valence-corrected chi connectivity index (χ0v) is 18.8. The molecule has 0 spiro atoms. The van der Waals surface area contributed by atoms with Gasteiger partial charge in [-0.2, -0.15) is 4.98 Å². The number of nitrogens with two attached hydrogens (primary N) is 1. The number of pyridine rings is 1. The van der Waals surface area contributed by atoms with Gasteiger partial charge in [-0.1, -0.05) is 12.1 Å². The lowest BCUT2D eigenvalue weighted by molar-refractivity contribution is -0.0109. The van der Waals surface area contributed by atoms with Crippen LogP contribution in [0.5, 0.6) is 0 Å². The average Bonchev–Trinajstić information content (AvgIpc) is 3.43. The first kappa shape index (κ1) is 22.4. The molecule has 1 aliphatic rings. The molecule has 0 radical (unpaired) electrons. The molecule has 0 bridgehead atoms. The summed E-state index contributed by atoms with van der Waals surface area (Å²) in [4.78, 5) is 8.93. The van der Waals surface area contributed by atoms with Gasteiger partial charge in [0.15, 0.2) is 11.5 Å². The molecule has 1 aliphatic carbocycles. The van der Waals surface area contributed by atoms with E-state index in [4.69, 9.17) is 5.73 Å². The number of halogens is 2. The van der Waals surface area contributed by atoms with Crippen molar-refractivity contribution in [3.63, 3.8) is 0 Å². The number of hydrogen-bond donors (Lipinski definition) is 3. The Hall–Kier alpha value is -3.41. The highest BCUT2D eigenvalue weighted by atomic mass is 19.3. The first-order chi connectivity index (χ1) is 16.3. The third-order valence-corrected chi connectivity index (χ3v) is 6.73. The fraction of sp³-hybridized carbons (Fsp3) is 0.500. The van der Waals surface area contributed by atoms with Gasteiger partial charge in [-0.25, -0.2) is 23.0 Å². The van der Waals surface area contributed by atoms with E-state index in [2.05, 4.69) is 30.7 Å². The van der Waals surface area contributed by atoms with Crippen molar-refractivity contribution >= 4 is 28.4 Å². The minimum atomic E-state index is -2.56. The average molecular weight is 472 g/mol. The zero-order chi connectivity index (χ0) is 23.9. The van der Waals surface area contributed by atoms with E-state index in [-0.39, 0.29) is 11.5 Å².